The van der Waals surface area contributed by atoms with Crippen molar-refractivity contribution in [1.82, 2.24) is 9.80 Å². The summed E-state index contributed by atoms with van der Waals surface area (Å²) >= 11 is 1.56. The second-order valence-corrected chi connectivity index (χ2v) is 9.30. The molecular formula is C23H28N2O3S. The maximum Gasteiger partial charge on any atom is 0.263 e. The van der Waals surface area contributed by atoms with Crippen LogP contribution in [-0.4, -0.2) is 54.4 Å². The predicted molar refractivity (Wildman–Crippen MR) is 115 cm³/mol. The van der Waals surface area contributed by atoms with Crippen LogP contribution in [0.1, 0.15) is 50.6 Å². The van der Waals surface area contributed by atoms with Gasteiger partial charge in [-0.2, -0.15) is 0 Å². The molecular weight excluding hydrogens is 384 g/mol. The SMILES string of the molecule is Cc1ccc(C(=O)N2CCC[C@H](COc3cccc(C(=O)N4CCCC4)c3)C2)s1. The number of hydrogen-bond acceptors (Lipinski definition) is 4. The lowest BCUT2D eigenvalue weighted by Gasteiger charge is -2.32. The number of thiophene rings is 1. The summed E-state index contributed by atoms with van der Waals surface area (Å²) in [7, 11) is 0. The van der Waals surface area contributed by atoms with E-state index in [1.165, 1.54) is 0 Å². The minimum Gasteiger partial charge on any atom is -0.493 e. The number of hydrogen-bond donors (Lipinski definition) is 0. The average molecular weight is 413 g/mol. The number of carbonyl (C=O) groups is 2. The third-order valence-electron chi connectivity index (χ3n) is 5.72. The van der Waals surface area contributed by atoms with E-state index in [1.54, 1.807) is 11.3 Å². The first-order valence-corrected chi connectivity index (χ1v) is 11.3. The number of benzene rings is 1. The molecule has 4 rings (SSSR count). The van der Waals surface area contributed by atoms with Gasteiger partial charge in [-0.25, -0.2) is 0 Å². The van der Waals surface area contributed by atoms with E-state index in [2.05, 4.69) is 0 Å². The van der Waals surface area contributed by atoms with Crippen LogP contribution in [0.25, 0.3) is 0 Å². The van der Waals surface area contributed by atoms with Gasteiger partial charge in [0.25, 0.3) is 11.8 Å². The molecule has 1 aromatic heterocycles. The minimum atomic E-state index is 0.0913. The van der Waals surface area contributed by atoms with Crippen LogP contribution in [0.4, 0.5) is 0 Å². The standard InChI is InChI=1S/C23H28N2O3S/c1-17-9-10-21(29-17)23(27)25-13-5-6-18(15-25)16-28-20-8-4-7-19(14-20)22(26)24-11-2-3-12-24/h4,7-10,14,18H,2-3,5-6,11-13,15-16H2,1H3/t18-/m0/s1. The summed E-state index contributed by atoms with van der Waals surface area (Å²) in [6.45, 7) is 5.82. The molecule has 5 nitrogen and oxygen atoms in total. The van der Waals surface area contributed by atoms with Gasteiger partial charge in [0.15, 0.2) is 0 Å². The van der Waals surface area contributed by atoms with E-state index >= 15 is 0 Å². The van der Waals surface area contributed by atoms with Gasteiger partial charge in [-0.15, -0.1) is 11.3 Å². The van der Waals surface area contributed by atoms with Crippen LogP contribution >= 0.6 is 11.3 Å². The van der Waals surface area contributed by atoms with Crippen LogP contribution in [-0.2, 0) is 0 Å². The molecule has 6 heteroatoms. The maximum atomic E-state index is 12.7. The van der Waals surface area contributed by atoms with Crippen LogP contribution in [0.2, 0.25) is 0 Å². The van der Waals surface area contributed by atoms with E-state index in [9.17, 15) is 9.59 Å². The van der Waals surface area contributed by atoms with Crippen LogP contribution in [0, 0.1) is 12.8 Å². The average Bonchev–Trinajstić information content (AvgIpc) is 3.44. The van der Waals surface area contributed by atoms with Crippen molar-refractivity contribution in [3.63, 3.8) is 0 Å². The van der Waals surface area contributed by atoms with E-state index < -0.39 is 0 Å². The molecule has 0 saturated carbocycles. The van der Waals surface area contributed by atoms with Gasteiger partial charge in [0.05, 0.1) is 11.5 Å². The van der Waals surface area contributed by atoms with Gasteiger partial charge in [-0.3, -0.25) is 9.59 Å². The van der Waals surface area contributed by atoms with E-state index in [1.807, 2.05) is 53.1 Å². The van der Waals surface area contributed by atoms with Crippen molar-refractivity contribution in [2.75, 3.05) is 32.8 Å². The van der Waals surface area contributed by atoms with Crippen LogP contribution in [0.3, 0.4) is 0 Å². The number of ether oxygens (including phenoxy) is 1. The molecule has 2 aliphatic rings. The number of amides is 2. The van der Waals surface area contributed by atoms with Crippen molar-refractivity contribution < 1.29 is 14.3 Å². The fourth-order valence-corrected chi connectivity index (χ4v) is 4.96. The van der Waals surface area contributed by atoms with E-state index in [0.29, 0.717) is 18.1 Å². The van der Waals surface area contributed by atoms with Gasteiger partial charge in [0, 0.05) is 42.5 Å². The first kappa shape index (κ1) is 20.0. The zero-order valence-electron chi connectivity index (χ0n) is 16.9. The monoisotopic (exact) mass is 412 g/mol. The Morgan fingerprint density at radius 2 is 1.83 bits per heavy atom. The van der Waals surface area contributed by atoms with Crippen molar-refractivity contribution in [2.45, 2.75) is 32.6 Å². The van der Waals surface area contributed by atoms with Crippen molar-refractivity contribution >= 4 is 23.2 Å². The third-order valence-corrected chi connectivity index (χ3v) is 6.71. The second-order valence-electron chi connectivity index (χ2n) is 8.01. The van der Waals surface area contributed by atoms with Crippen molar-refractivity contribution in [2.24, 2.45) is 5.92 Å². The molecule has 2 amide bonds. The third kappa shape index (κ3) is 4.81. The predicted octanol–water partition coefficient (Wildman–Crippen LogP) is 4.22. The molecule has 0 radical (unpaired) electrons. The lowest BCUT2D eigenvalue weighted by Crippen LogP contribution is -2.41. The molecule has 3 heterocycles. The first-order valence-electron chi connectivity index (χ1n) is 10.5. The first-order chi connectivity index (χ1) is 14.1. The fraction of sp³-hybridized carbons (Fsp3) is 0.478. The lowest BCUT2D eigenvalue weighted by atomic mass is 9.99. The zero-order valence-corrected chi connectivity index (χ0v) is 17.7. The highest BCUT2D eigenvalue weighted by molar-refractivity contribution is 7.13. The molecule has 0 spiro atoms. The fourth-order valence-electron chi connectivity index (χ4n) is 4.13. The number of piperidine rings is 1. The summed E-state index contributed by atoms with van der Waals surface area (Å²) in [4.78, 5) is 31.2. The summed E-state index contributed by atoms with van der Waals surface area (Å²) < 4.78 is 6.03. The molecule has 2 fully saturated rings. The Hall–Kier alpha value is -2.34. The molecule has 1 aromatic carbocycles. The lowest BCUT2D eigenvalue weighted by molar-refractivity contribution is 0.0637. The number of nitrogens with zero attached hydrogens (tertiary/aromatic N) is 2. The summed E-state index contributed by atoms with van der Waals surface area (Å²) in [5.41, 5.74) is 0.693. The Kier molecular flexibility index (Phi) is 6.19. The summed E-state index contributed by atoms with van der Waals surface area (Å²) in [5, 5.41) is 0. The highest BCUT2D eigenvalue weighted by Gasteiger charge is 2.26. The summed E-state index contributed by atoms with van der Waals surface area (Å²) in [5.74, 6) is 1.26. The van der Waals surface area contributed by atoms with Crippen LogP contribution in [0.5, 0.6) is 5.75 Å². The molecule has 0 aliphatic carbocycles. The highest BCUT2D eigenvalue weighted by atomic mass is 32.1. The highest BCUT2D eigenvalue weighted by Crippen LogP contribution is 2.24. The number of aryl methyl sites for hydroxylation is 1. The second kappa shape index (κ2) is 8.99. The summed E-state index contributed by atoms with van der Waals surface area (Å²) in [6.07, 6.45) is 4.23. The quantitative estimate of drug-likeness (QED) is 0.739. The number of carbonyl (C=O) groups excluding carboxylic acids is 2. The van der Waals surface area contributed by atoms with Gasteiger partial charge in [0.1, 0.15) is 5.75 Å². The Labute approximate surface area is 176 Å². The van der Waals surface area contributed by atoms with Crippen molar-refractivity contribution in [3.8, 4) is 5.75 Å². The Bertz CT molecular complexity index is 873. The molecule has 0 N–H and O–H groups in total. The Morgan fingerprint density at radius 3 is 2.59 bits per heavy atom. The smallest absolute Gasteiger partial charge is 0.263 e. The Morgan fingerprint density at radius 1 is 1.03 bits per heavy atom. The minimum absolute atomic E-state index is 0.0913. The van der Waals surface area contributed by atoms with Crippen LogP contribution in [0.15, 0.2) is 36.4 Å². The Balaban J connectivity index is 1.33. The molecule has 2 aromatic rings. The molecule has 154 valence electrons. The summed E-state index contributed by atoms with van der Waals surface area (Å²) in [6, 6.07) is 11.4. The molecule has 2 saturated heterocycles. The van der Waals surface area contributed by atoms with Crippen LogP contribution < -0.4 is 4.74 Å². The molecule has 2 aliphatic heterocycles. The maximum absolute atomic E-state index is 12.7. The zero-order chi connectivity index (χ0) is 20.2. The number of likely N-dealkylation sites (tertiary alicyclic amines) is 2. The topological polar surface area (TPSA) is 49.9 Å². The molecule has 29 heavy (non-hydrogen) atoms. The van der Waals surface area contributed by atoms with Gasteiger partial charge < -0.3 is 14.5 Å². The normalized spacial score (nSPS) is 19.4. The molecule has 0 unspecified atom stereocenters. The van der Waals surface area contributed by atoms with E-state index in [-0.39, 0.29) is 11.8 Å². The molecule has 0 bridgehead atoms. The van der Waals surface area contributed by atoms with Crippen molar-refractivity contribution in [3.05, 3.63) is 51.7 Å². The van der Waals surface area contributed by atoms with Gasteiger partial charge in [-0.05, 0) is 62.9 Å². The van der Waals surface area contributed by atoms with E-state index in [4.69, 9.17) is 4.74 Å². The van der Waals surface area contributed by atoms with E-state index in [0.717, 1.165) is 67.4 Å². The van der Waals surface area contributed by atoms with Crippen molar-refractivity contribution in [1.29, 1.82) is 0 Å². The molecule has 1 atom stereocenters. The van der Waals surface area contributed by atoms with Gasteiger partial charge in [-0.1, -0.05) is 6.07 Å². The van der Waals surface area contributed by atoms with Gasteiger partial charge in [0.2, 0.25) is 0 Å². The van der Waals surface area contributed by atoms with Gasteiger partial charge >= 0.3 is 0 Å². The number of rotatable bonds is 5. The largest absolute Gasteiger partial charge is 0.493 e.